The summed E-state index contributed by atoms with van der Waals surface area (Å²) < 4.78 is 0. The lowest BCUT2D eigenvalue weighted by atomic mass is 9.91. The molecule has 0 radical (unpaired) electrons. The molecule has 0 saturated heterocycles. The lowest BCUT2D eigenvalue weighted by Crippen LogP contribution is -2.30. The Morgan fingerprint density at radius 1 is 0.424 bits per heavy atom. The number of hydrogen-bond donors (Lipinski definition) is 0. The minimum absolute atomic E-state index is 0. The molecule has 1 aliphatic heterocycles. The van der Waals surface area contributed by atoms with Gasteiger partial charge in [-0.3, -0.25) is 0 Å². The van der Waals surface area contributed by atoms with E-state index in [0.29, 0.717) is 17.9 Å². The SMILES string of the molecule is C.C.CCN1c2c(-c3cccc4c3C[C@@H](C)[C@H]4C)cccc2[C@H](C)[C@@H]1C.CCc1ccc2c3ccccc3c3ccccc3c2c1.CCc1cccc2c3ccccc3c3ccccc3c12. The predicted molar refractivity (Wildman–Crippen MR) is 294 cm³/mol. The van der Waals surface area contributed by atoms with Gasteiger partial charge in [-0.2, -0.15) is 0 Å². The monoisotopic (exact) mass is 864 g/mol. The van der Waals surface area contributed by atoms with Crippen LogP contribution in [0.4, 0.5) is 5.69 Å². The molecule has 0 amide bonds. The van der Waals surface area contributed by atoms with Crippen molar-refractivity contribution in [1.29, 1.82) is 0 Å². The number of para-hydroxylation sites is 1. The molecule has 10 aromatic rings. The highest BCUT2D eigenvalue weighted by Gasteiger charge is 2.35. The van der Waals surface area contributed by atoms with Crippen LogP contribution in [0.5, 0.6) is 0 Å². The smallest absolute Gasteiger partial charge is 0.0484 e. The molecule has 4 atom stereocenters. The average Bonchev–Trinajstić information content (AvgIpc) is 3.80. The standard InChI is InChI=1S/C23H29N.2C20H16.2CH4/c1-6-24-17(5)16(4)19-10-8-12-21(23(19)24)20-11-7-9-18-15(3)14(2)13-22(18)20;1-2-14-8-7-13-19-17-10-4-3-9-15(17)16-11-5-6-12-18(16)20(14)19;1-2-14-11-12-19-17-9-4-3-7-15(17)16-8-5-6-10-18(16)20(19)13-14;;/h7-12,14-17H,6,13H2,1-5H3;2*3-13H,2H2,1H3;2*1H4/t14-,15-,16-,17+;;;;/m1..../s1. The Balaban J connectivity index is 0.000000133. The van der Waals surface area contributed by atoms with E-state index in [1.807, 2.05) is 0 Å². The Bertz CT molecular complexity index is 3210. The molecule has 1 heterocycles. The molecular formula is C65H69N. The molecule has 12 rings (SSSR count). The van der Waals surface area contributed by atoms with Crippen LogP contribution in [0.15, 0.2) is 170 Å². The number of likely N-dealkylation sites (N-methyl/N-ethyl adjacent to an activating group) is 1. The first-order valence-electron chi connectivity index (χ1n) is 24.0. The van der Waals surface area contributed by atoms with Crippen molar-refractivity contribution in [2.45, 2.75) is 100 Å². The molecule has 334 valence electrons. The van der Waals surface area contributed by atoms with Gasteiger partial charge in [0, 0.05) is 29.8 Å². The number of aryl methyl sites for hydroxylation is 2. The van der Waals surface area contributed by atoms with Crippen molar-refractivity contribution < 1.29 is 0 Å². The summed E-state index contributed by atoms with van der Waals surface area (Å²) in [5, 5.41) is 16.4. The maximum absolute atomic E-state index is 2.61. The molecular weight excluding hydrogens is 795 g/mol. The number of anilines is 1. The number of fused-ring (bicyclic) bond motifs is 14. The van der Waals surface area contributed by atoms with Crippen LogP contribution in [-0.2, 0) is 19.3 Å². The van der Waals surface area contributed by atoms with E-state index in [0.717, 1.165) is 25.3 Å². The number of benzene rings is 10. The lowest BCUT2D eigenvalue weighted by Gasteiger charge is -2.27. The second-order valence-electron chi connectivity index (χ2n) is 18.5. The van der Waals surface area contributed by atoms with Crippen LogP contribution in [0.25, 0.3) is 75.8 Å². The third-order valence-corrected chi connectivity index (χ3v) is 15.2. The van der Waals surface area contributed by atoms with Crippen molar-refractivity contribution in [2.24, 2.45) is 5.92 Å². The van der Waals surface area contributed by atoms with Crippen LogP contribution >= 0.6 is 0 Å². The van der Waals surface area contributed by atoms with Crippen molar-refractivity contribution in [3.63, 3.8) is 0 Å². The summed E-state index contributed by atoms with van der Waals surface area (Å²) >= 11 is 0. The zero-order valence-electron chi connectivity index (χ0n) is 38.8. The van der Waals surface area contributed by atoms with Crippen LogP contribution in [0.1, 0.15) is 103 Å². The Morgan fingerprint density at radius 2 is 0.879 bits per heavy atom. The summed E-state index contributed by atoms with van der Waals surface area (Å²) in [6.07, 6.45) is 3.37. The molecule has 0 N–H and O–H groups in total. The first-order valence-corrected chi connectivity index (χ1v) is 24.0. The number of hydrogen-bond acceptors (Lipinski definition) is 1. The first-order chi connectivity index (χ1) is 31.3. The molecule has 1 nitrogen and oxygen atoms in total. The molecule has 1 heteroatoms. The zero-order valence-corrected chi connectivity index (χ0v) is 38.8. The Kier molecular flexibility index (Phi) is 13.4. The first kappa shape index (κ1) is 46.1. The fourth-order valence-electron chi connectivity index (χ4n) is 11.5. The van der Waals surface area contributed by atoms with Crippen LogP contribution in [0, 0.1) is 5.92 Å². The minimum atomic E-state index is 0. The Morgan fingerprint density at radius 3 is 1.41 bits per heavy atom. The molecule has 0 fully saturated rings. The van der Waals surface area contributed by atoms with Gasteiger partial charge in [0.2, 0.25) is 0 Å². The molecule has 0 spiro atoms. The van der Waals surface area contributed by atoms with E-state index in [2.05, 4.69) is 223 Å². The van der Waals surface area contributed by atoms with Crippen LogP contribution in [0.3, 0.4) is 0 Å². The fourth-order valence-corrected chi connectivity index (χ4v) is 11.5. The molecule has 0 unspecified atom stereocenters. The minimum Gasteiger partial charge on any atom is -0.368 e. The van der Waals surface area contributed by atoms with E-state index in [9.17, 15) is 0 Å². The van der Waals surface area contributed by atoms with Gasteiger partial charge in [0.25, 0.3) is 0 Å². The van der Waals surface area contributed by atoms with Crippen molar-refractivity contribution in [1.82, 2.24) is 0 Å². The summed E-state index contributed by atoms with van der Waals surface area (Å²) in [5.41, 5.74) is 11.9. The average molecular weight is 864 g/mol. The molecule has 66 heavy (non-hydrogen) atoms. The molecule has 1 aliphatic carbocycles. The van der Waals surface area contributed by atoms with Gasteiger partial charge in [-0.15, -0.1) is 0 Å². The third kappa shape index (κ3) is 7.71. The number of nitrogens with zero attached hydrogens (tertiary/aromatic N) is 1. The maximum atomic E-state index is 2.61. The summed E-state index contributed by atoms with van der Waals surface area (Å²) in [4.78, 5) is 2.61. The molecule has 0 bridgehead atoms. The lowest BCUT2D eigenvalue weighted by molar-refractivity contribution is 0.532. The van der Waals surface area contributed by atoms with Gasteiger partial charge in [-0.05, 0) is 143 Å². The van der Waals surface area contributed by atoms with Gasteiger partial charge in [0.1, 0.15) is 0 Å². The second kappa shape index (κ2) is 19.2. The van der Waals surface area contributed by atoms with Gasteiger partial charge < -0.3 is 4.90 Å². The van der Waals surface area contributed by atoms with E-state index in [1.165, 1.54) is 105 Å². The van der Waals surface area contributed by atoms with Gasteiger partial charge >= 0.3 is 0 Å². The van der Waals surface area contributed by atoms with Gasteiger partial charge in [-0.25, -0.2) is 0 Å². The van der Waals surface area contributed by atoms with Crippen molar-refractivity contribution >= 4 is 70.3 Å². The van der Waals surface area contributed by atoms with E-state index in [-0.39, 0.29) is 14.9 Å². The van der Waals surface area contributed by atoms with E-state index in [4.69, 9.17) is 0 Å². The Hall–Kier alpha value is -6.44. The molecule has 0 saturated carbocycles. The Labute approximate surface area is 395 Å². The highest BCUT2D eigenvalue weighted by atomic mass is 15.2. The molecule has 10 aromatic carbocycles. The van der Waals surface area contributed by atoms with Crippen molar-refractivity contribution in [3.05, 3.63) is 198 Å². The fraction of sp³-hybridized carbons (Fsp3) is 0.262. The van der Waals surface area contributed by atoms with E-state index >= 15 is 0 Å². The molecule has 2 aliphatic rings. The predicted octanol–water partition coefficient (Wildman–Crippen LogP) is 18.7. The summed E-state index contributed by atoms with van der Waals surface area (Å²) in [5.74, 6) is 2.03. The highest BCUT2D eigenvalue weighted by Crippen LogP contribution is 2.49. The van der Waals surface area contributed by atoms with Crippen LogP contribution in [-0.4, -0.2) is 12.6 Å². The normalized spacial score (nSPS) is 17.2. The van der Waals surface area contributed by atoms with Crippen LogP contribution in [0.2, 0.25) is 0 Å². The summed E-state index contributed by atoms with van der Waals surface area (Å²) in [7, 11) is 0. The maximum Gasteiger partial charge on any atom is 0.0484 e. The summed E-state index contributed by atoms with van der Waals surface area (Å²) in [6.45, 7) is 17.3. The van der Waals surface area contributed by atoms with Crippen molar-refractivity contribution in [2.75, 3.05) is 11.4 Å². The van der Waals surface area contributed by atoms with Gasteiger partial charge in [0.15, 0.2) is 0 Å². The topological polar surface area (TPSA) is 3.24 Å². The van der Waals surface area contributed by atoms with E-state index in [1.54, 1.807) is 11.1 Å². The van der Waals surface area contributed by atoms with Gasteiger partial charge in [-0.1, -0.05) is 219 Å². The van der Waals surface area contributed by atoms with Crippen LogP contribution < -0.4 is 4.90 Å². The zero-order chi connectivity index (χ0) is 44.1. The third-order valence-electron chi connectivity index (χ3n) is 15.2. The van der Waals surface area contributed by atoms with Crippen molar-refractivity contribution in [3.8, 4) is 11.1 Å². The number of rotatable bonds is 4. The molecule has 0 aromatic heterocycles. The quantitative estimate of drug-likeness (QED) is 0.159. The summed E-state index contributed by atoms with van der Waals surface area (Å²) in [6, 6.07) is 63.0. The largest absolute Gasteiger partial charge is 0.368 e. The highest BCUT2D eigenvalue weighted by molar-refractivity contribution is 6.26. The van der Waals surface area contributed by atoms with E-state index < -0.39 is 0 Å². The van der Waals surface area contributed by atoms with Gasteiger partial charge in [0.05, 0.1) is 0 Å². The second-order valence-corrected chi connectivity index (χ2v) is 18.5.